The summed E-state index contributed by atoms with van der Waals surface area (Å²) in [5.74, 6) is 1.04. The van der Waals surface area contributed by atoms with Gasteiger partial charge in [0, 0.05) is 51.2 Å². The zero-order chi connectivity index (χ0) is 19.2. The fraction of sp³-hybridized carbons (Fsp3) is 0.619. The molecule has 148 valence electrons. The third-order valence-corrected chi connectivity index (χ3v) is 5.31. The van der Waals surface area contributed by atoms with Crippen LogP contribution >= 0.6 is 0 Å². The molecule has 1 aliphatic carbocycles. The molecule has 0 bridgehead atoms. The SMILES string of the molecule is CCN(C(=O)c1ccc(OC2CCN(C(=O)CCOC)CC2)cc1)C1CC1. The van der Waals surface area contributed by atoms with Gasteiger partial charge in [-0.15, -0.1) is 0 Å². The highest BCUT2D eigenvalue weighted by atomic mass is 16.5. The summed E-state index contributed by atoms with van der Waals surface area (Å²) < 4.78 is 11.0. The number of hydrogen-bond acceptors (Lipinski definition) is 4. The van der Waals surface area contributed by atoms with E-state index in [4.69, 9.17) is 9.47 Å². The molecule has 0 spiro atoms. The Kier molecular flexibility index (Phi) is 6.72. The Balaban J connectivity index is 1.48. The number of ether oxygens (including phenoxy) is 2. The van der Waals surface area contributed by atoms with Crippen molar-refractivity contribution in [3.05, 3.63) is 29.8 Å². The third-order valence-electron chi connectivity index (χ3n) is 5.31. The highest BCUT2D eigenvalue weighted by molar-refractivity contribution is 5.94. The first-order valence-corrected chi connectivity index (χ1v) is 9.96. The van der Waals surface area contributed by atoms with Crippen molar-refractivity contribution in [2.75, 3.05) is 33.4 Å². The van der Waals surface area contributed by atoms with Crippen LogP contribution < -0.4 is 4.74 Å². The number of carbonyl (C=O) groups is 2. The number of rotatable bonds is 8. The molecule has 1 aromatic carbocycles. The molecular formula is C21H30N2O4. The van der Waals surface area contributed by atoms with Crippen LogP contribution in [0.5, 0.6) is 5.75 Å². The fourth-order valence-electron chi connectivity index (χ4n) is 3.56. The molecule has 0 atom stereocenters. The maximum absolute atomic E-state index is 12.6. The van der Waals surface area contributed by atoms with Crippen LogP contribution in [0.15, 0.2) is 24.3 Å². The van der Waals surface area contributed by atoms with Gasteiger partial charge in [0.1, 0.15) is 11.9 Å². The Hall–Kier alpha value is -2.08. The topological polar surface area (TPSA) is 59.1 Å². The summed E-state index contributed by atoms with van der Waals surface area (Å²) in [4.78, 5) is 28.4. The van der Waals surface area contributed by atoms with Gasteiger partial charge in [0.25, 0.3) is 5.91 Å². The van der Waals surface area contributed by atoms with Crippen molar-refractivity contribution in [3.63, 3.8) is 0 Å². The molecule has 6 nitrogen and oxygen atoms in total. The first-order valence-electron chi connectivity index (χ1n) is 9.96. The van der Waals surface area contributed by atoms with Crippen LogP contribution in [0, 0.1) is 0 Å². The number of hydrogen-bond donors (Lipinski definition) is 0. The summed E-state index contributed by atoms with van der Waals surface area (Å²) in [5, 5.41) is 0. The minimum atomic E-state index is 0.106. The second kappa shape index (κ2) is 9.22. The van der Waals surface area contributed by atoms with Crippen molar-refractivity contribution in [3.8, 4) is 5.75 Å². The maximum Gasteiger partial charge on any atom is 0.254 e. The average Bonchev–Trinajstić information content (AvgIpc) is 3.53. The quantitative estimate of drug-likeness (QED) is 0.702. The Morgan fingerprint density at radius 1 is 1.11 bits per heavy atom. The molecule has 0 N–H and O–H groups in total. The van der Waals surface area contributed by atoms with Gasteiger partial charge in [-0.05, 0) is 44.0 Å². The van der Waals surface area contributed by atoms with Crippen molar-refractivity contribution >= 4 is 11.8 Å². The average molecular weight is 374 g/mol. The Bertz CT molecular complexity index is 634. The van der Waals surface area contributed by atoms with E-state index in [1.165, 1.54) is 0 Å². The molecule has 0 unspecified atom stereocenters. The van der Waals surface area contributed by atoms with Gasteiger partial charge in [0.15, 0.2) is 0 Å². The predicted molar refractivity (Wildman–Crippen MR) is 103 cm³/mol. The second-order valence-corrected chi connectivity index (χ2v) is 7.29. The monoisotopic (exact) mass is 374 g/mol. The van der Waals surface area contributed by atoms with Crippen molar-refractivity contribution in [2.45, 2.75) is 51.2 Å². The van der Waals surface area contributed by atoms with Crippen LogP contribution in [0.25, 0.3) is 0 Å². The molecule has 3 rings (SSSR count). The smallest absolute Gasteiger partial charge is 0.254 e. The van der Waals surface area contributed by atoms with Crippen molar-refractivity contribution in [1.29, 1.82) is 0 Å². The van der Waals surface area contributed by atoms with E-state index in [-0.39, 0.29) is 17.9 Å². The number of likely N-dealkylation sites (tertiary alicyclic amines) is 1. The highest BCUT2D eigenvalue weighted by Crippen LogP contribution is 2.28. The lowest BCUT2D eigenvalue weighted by molar-refractivity contribution is -0.133. The molecular weight excluding hydrogens is 344 g/mol. The molecule has 1 heterocycles. The highest BCUT2D eigenvalue weighted by Gasteiger charge is 2.31. The summed E-state index contributed by atoms with van der Waals surface area (Å²) in [7, 11) is 1.61. The van der Waals surface area contributed by atoms with Crippen LogP contribution in [0.2, 0.25) is 0 Å². The van der Waals surface area contributed by atoms with Crippen LogP contribution in [0.4, 0.5) is 0 Å². The summed E-state index contributed by atoms with van der Waals surface area (Å²) in [6, 6.07) is 7.89. The zero-order valence-corrected chi connectivity index (χ0v) is 16.4. The zero-order valence-electron chi connectivity index (χ0n) is 16.4. The van der Waals surface area contributed by atoms with E-state index in [9.17, 15) is 9.59 Å². The van der Waals surface area contributed by atoms with Gasteiger partial charge >= 0.3 is 0 Å². The van der Waals surface area contributed by atoms with E-state index in [2.05, 4.69) is 0 Å². The van der Waals surface area contributed by atoms with E-state index < -0.39 is 0 Å². The number of piperidine rings is 1. The van der Waals surface area contributed by atoms with E-state index in [0.717, 1.165) is 56.6 Å². The Morgan fingerprint density at radius 3 is 2.33 bits per heavy atom. The van der Waals surface area contributed by atoms with Gasteiger partial charge in [-0.3, -0.25) is 9.59 Å². The molecule has 0 radical (unpaired) electrons. The molecule has 1 saturated carbocycles. The lowest BCUT2D eigenvalue weighted by Crippen LogP contribution is -2.42. The van der Waals surface area contributed by atoms with Crippen LogP contribution in [-0.2, 0) is 9.53 Å². The van der Waals surface area contributed by atoms with Gasteiger partial charge in [0.05, 0.1) is 13.0 Å². The lowest BCUT2D eigenvalue weighted by Gasteiger charge is -2.32. The van der Waals surface area contributed by atoms with Gasteiger partial charge < -0.3 is 19.3 Å². The van der Waals surface area contributed by atoms with Crippen molar-refractivity contribution in [1.82, 2.24) is 9.80 Å². The molecule has 2 aliphatic rings. The molecule has 6 heteroatoms. The van der Waals surface area contributed by atoms with Gasteiger partial charge in [0.2, 0.25) is 5.91 Å². The number of carbonyl (C=O) groups excluding carboxylic acids is 2. The van der Waals surface area contributed by atoms with Crippen molar-refractivity contribution < 1.29 is 19.1 Å². The van der Waals surface area contributed by atoms with E-state index in [1.54, 1.807) is 7.11 Å². The molecule has 27 heavy (non-hydrogen) atoms. The minimum Gasteiger partial charge on any atom is -0.490 e. The molecule has 2 amide bonds. The first-order chi connectivity index (χ1) is 13.1. The normalized spacial score (nSPS) is 17.6. The standard InChI is InChI=1S/C21H30N2O4/c1-3-23(17-6-7-17)21(25)16-4-8-18(9-5-16)27-19-10-13-22(14-11-19)20(24)12-15-26-2/h4-5,8-9,17,19H,3,6-7,10-15H2,1-2H3. The largest absolute Gasteiger partial charge is 0.490 e. The van der Waals surface area contributed by atoms with Crippen LogP contribution in [0.1, 0.15) is 49.4 Å². The van der Waals surface area contributed by atoms with E-state index >= 15 is 0 Å². The van der Waals surface area contributed by atoms with Crippen LogP contribution in [-0.4, -0.2) is 67.1 Å². The van der Waals surface area contributed by atoms with Crippen LogP contribution in [0.3, 0.4) is 0 Å². The Morgan fingerprint density at radius 2 is 1.78 bits per heavy atom. The third kappa shape index (κ3) is 5.22. The second-order valence-electron chi connectivity index (χ2n) is 7.29. The number of methoxy groups -OCH3 is 1. The molecule has 1 saturated heterocycles. The van der Waals surface area contributed by atoms with Gasteiger partial charge in [-0.2, -0.15) is 0 Å². The molecule has 1 aromatic rings. The lowest BCUT2D eigenvalue weighted by atomic mass is 10.1. The molecule has 2 fully saturated rings. The van der Waals surface area contributed by atoms with E-state index in [1.807, 2.05) is 41.0 Å². The first kappa shape index (κ1) is 19.7. The van der Waals surface area contributed by atoms with Gasteiger partial charge in [-0.25, -0.2) is 0 Å². The molecule has 1 aliphatic heterocycles. The fourth-order valence-corrected chi connectivity index (χ4v) is 3.56. The summed E-state index contributed by atoms with van der Waals surface area (Å²) in [6.07, 6.45) is 4.43. The summed E-state index contributed by atoms with van der Waals surface area (Å²) >= 11 is 0. The number of amides is 2. The van der Waals surface area contributed by atoms with E-state index in [0.29, 0.717) is 19.1 Å². The number of nitrogens with zero attached hydrogens (tertiary/aromatic N) is 2. The van der Waals surface area contributed by atoms with Gasteiger partial charge in [-0.1, -0.05) is 0 Å². The Labute approximate surface area is 161 Å². The number of benzene rings is 1. The predicted octanol–water partition coefficient (Wildman–Crippen LogP) is 2.72. The minimum absolute atomic E-state index is 0.106. The molecule has 0 aromatic heterocycles. The summed E-state index contributed by atoms with van der Waals surface area (Å²) in [5.41, 5.74) is 0.717. The van der Waals surface area contributed by atoms with Crippen molar-refractivity contribution in [2.24, 2.45) is 0 Å². The summed E-state index contributed by atoms with van der Waals surface area (Å²) in [6.45, 7) is 4.69. The maximum atomic E-state index is 12.6.